The van der Waals surface area contributed by atoms with Crippen molar-refractivity contribution < 1.29 is 9.59 Å². The number of imide groups is 1. The molecule has 112 valence electrons. The minimum Gasteiger partial charge on any atom is -0.303 e. The molecule has 1 saturated heterocycles. The zero-order valence-corrected chi connectivity index (χ0v) is 12.6. The second kappa shape index (κ2) is 5.60. The van der Waals surface area contributed by atoms with Gasteiger partial charge in [-0.1, -0.05) is 24.3 Å². The first-order valence-electron chi connectivity index (χ1n) is 7.68. The van der Waals surface area contributed by atoms with Gasteiger partial charge < -0.3 is 5.32 Å². The third-order valence-electron chi connectivity index (χ3n) is 4.85. The van der Waals surface area contributed by atoms with Gasteiger partial charge in [0.2, 0.25) is 11.8 Å². The van der Waals surface area contributed by atoms with Crippen LogP contribution in [0.3, 0.4) is 0 Å². The molecule has 1 aromatic carbocycles. The molecule has 0 bridgehead atoms. The molecule has 1 atom stereocenters. The van der Waals surface area contributed by atoms with E-state index in [1.807, 2.05) is 0 Å². The van der Waals surface area contributed by atoms with Crippen LogP contribution in [0.15, 0.2) is 24.3 Å². The Labute approximate surface area is 125 Å². The Morgan fingerprint density at radius 2 is 1.90 bits per heavy atom. The largest absolute Gasteiger partial charge is 0.303 e. The highest BCUT2D eigenvalue weighted by molar-refractivity contribution is 6.00. The van der Waals surface area contributed by atoms with Gasteiger partial charge in [0.15, 0.2) is 0 Å². The molecule has 2 fully saturated rings. The van der Waals surface area contributed by atoms with Gasteiger partial charge in [-0.25, -0.2) is 0 Å². The predicted molar refractivity (Wildman–Crippen MR) is 80.9 cm³/mol. The summed E-state index contributed by atoms with van der Waals surface area (Å²) in [6.45, 7) is 2.15. The number of likely N-dealkylation sites (N-methyl/N-ethyl adjacent to an activating group) is 1. The molecular weight excluding hydrogens is 264 g/mol. The maximum Gasteiger partial charge on any atom is 0.246 e. The average molecular weight is 286 g/mol. The molecule has 2 amide bonds. The number of nitrogens with zero attached hydrogens (tertiary/aromatic N) is 1. The number of aryl methyl sites for hydroxylation is 1. The number of likely N-dealkylation sites (tertiary alicyclic amines) is 1. The Morgan fingerprint density at radius 3 is 2.62 bits per heavy atom. The maximum absolute atomic E-state index is 12.1. The minimum atomic E-state index is -0.185. The van der Waals surface area contributed by atoms with E-state index in [1.165, 1.54) is 16.0 Å². The molecule has 1 aromatic rings. The molecule has 0 spiro atoms. The van der Waals surface area contributed by atoms with E-state index in [0.29, 0.717) is 24.8 Å². The predicted octanol–water partition coefficient (Wildman–Crippen LogP) is 1.98. The molecule has 1 saturated carbocycles. The standard InChI is InChI=1S/C17H22N2O2/c1-11-5-3-4-6-14(11)12-9-13(10-12)18-15-7-8-16(20)19(2)17(15)21/h3-6,12-13,15,18H,7-10H2,1-2H3. The number of benzene rings is 1. The summed E-state index contributed by atoms with van der Waals surface area (Å²) >= 11 is 0. The van der Waals surface area contributed by atoms with E-state index in [-0.39, 0.29) is 17.9 Å². The lowest BCUT2D eigenvalue weighted by molar-refractivity contribution is -0.148. The van der Waals surface area contributed by atoms with E-state index in [1.54, 1.807) is 7.05 Å². The van der Waals surface area contributed by atoms with Gasteiger partial charge in [0, 0.05) is 19.5 Å². The van der Waals surface area contributed by atoms with Crippen LogP contribution in [-0.4, -0.2) is 35.8 Å². The summed E-state index contributed by atoms with van der Waals surface area (Å²) in [5, 5.41) is 3.43. The summed E-state index contributed by atoms with van der Waals surface area (Å²) in [6, 6.07) is 8.73. The topological polar surface area (TPSA) is 49.4 Å². The van der Waals surface area contributed by atoms with Crippen molar-refractivity contribution in [2.45, 2.75) is 50.6 Å². The monoisotopic (exact) mass is 286 g/mol. The van der Waals surface area contributed by atoms with E-state index in [9.17, 15) is 9.59 Å². The van der Waals surface area contributed by atoms with Gasteiger partial charge in [0.25, 0.3) is 0 Å². The minimum absolute atomic E-state index is 0.0653. The summed E-state index contributed by atoms with van der Waals surface area (Å²) in [4.78, 5) is 24.8. The smallest absolute Gasteiger partial charge is 0.246 e. The Bertz CT molecular complexity index is 564. The first kappa shape index (κ1) is 14.3. The first-order valence-corrected chi connectivity index (χ1v) is 7.68. The van der Waals surface area contributed by atoms with Crippen LogP contribution >= 0.6 is 0 Å². The lowest BCUT2D eigenvalue weighted by atomic mass is 9.74. The lowest BCUT2D eigenvalue weighted by Gasteiger charge is -2.40. The SMILES string of the molecule is Cc1ccccc1C1CC(NC2CCC(=O)N(C)C2=O)C1. The number of rotatable bonds is 3. The molecule has 3 rings (SSSR count). The van der Waals surface area contributed by atoms with E-state index in [2.05, 4.69) is 36.5 Å². The summed E-state index contributed by atoms with van der Waals surface area (Å²) in [5.41, 5.74) is 2.78. The summed E-state index contributed by atoms with van der Waals surface area (Å²) in [6.07, 6.45) is 3.25. The quantitative estimate of drug-likeness (QED) is 0.864. The molecular formula is C17H22N2O2. The fourth-order valence-electron chi connectivity index (χ4n) is 3.41. The van der Waals surface area contributed by atoms with Gasteiger partial charge in [0.1, 0.15) is 0 Å². The van der Waals surface area contributed by atoms with Crippen molar-refractivity contribution in [3.8, 4) is 0 Å². The highest BCUT2D eigenvalue weighted by Crippen LogP contribution is 2.38. The molecule has 4 heteroatoms. The summed E-state index contributed by atoms with van der Waals surface area (Å²) in [7, 11) is 1.58. The van der Waals surface area contributed by atoms with Crippen molar-refractivity contribution in [2.24, 2.45) is 0 Å². The molecule has 0 aromatic heterocycles. The third-order valence-corrected chi connectivity index (χ3v) is 4.85. The van der Waals surface area contributed by atoms with Crippen LogP contribution in [0.5, 0.6) is 0 Å². The second-order valence-electron chi connectivity index (χ2n) is 6.27. The Hall–Kier alpha value is -1.68. The molecule has 1 unspecified atom stereocenters. The van der Waals surface area contributed by atoms with Crippen molar-refractivity contribution in [1.29, 1.82) is 0 Å². The van der Waals surface area contributed by atoms with Crippen LogP contribution in [0.1, 0.15) is 42.7 Å². The fraction of sp³-hybridized carbons (Fsp3) is 0.529. The van der Waals surface area contributed by atoms with Crippen LogP contribution < -0.4 is 5.32 Å². The molecule has 1 heterocycles. The van der Waals surface area contributed by atoms with Gasteiger partial charge in [-0.15, -0.1) is 0 Å². The lowest BCUT2D eigenvalue weighted by Crippen LogP contribution is -2.56. The fourth-order valence-corrected chi connectivity index (χ4v) is 3.41. The molecule has 21 heavy (non-hydrogen) atoms. The molecule has 2 aliphatic rings. The van der Waals surface area contributed by atoms with E-state index >= 15 is 0 Å². The van der Waals surface area contributed by atoms with Gasteiger partial charge in [-0.3, -0.25) is 14.5 Å². The maximum atomic E-state index is 12.1. The van der Waals surface area contributed by atoms with Gasteiger partial charge in [-0.05, 0) is 43.2 Å². The number of hydrogen-bond acceptors (Lipinski definition) is 3. The Balaban J connectivity index is 1.55. The highest BCUT2D eigenvalue weighted by Gasteiger charge is 2.37. The average Bonchev–Trinajstić information content (AvgIpc) is 2.43. The molecule has 0 radical (unpaired) electrons. The zero-order valence-electron chi connectivity index (χ0n) is 12.6. The summed E-state index contributed by atoms with van der Waals surface area (Å²) in [5.74, 6) is 0.455. The number of carbonyl (C=O) groups is 2. The van der Waals surface area contributed by atoms with Crippen LogP contribution in [0, 0.1) is 6.92 Å². The van der Waals surface area contributed by atoms with Crippen LogP contribution in [0.2, 0.25) is 0 Å². The van der Waals surface area contributed by atoms with Gasteiger partial charge in [-0.2, -0.15) is 0 Å². The number of hydrogen-bond donors (Lipinski definition) is 1. The van der Waals surface area contributed by atoms with Crippen LogP contribution in [-0.2, 0) is 9.59 Å². The van der Waals surface area contributed by atoms with Gasteiger partial charge in [0.05, 0.1) is 6.04 Å². The molecule has 1 N–H and O–H groups in total. The van der Waals surface area contributed by atoms with Gasteiger partial charge >= 0.3 is 0 Å². The van der Waals surface area contributed by atoms with Crippen molar-refractivity contribution in [2.75, 3.05) is 7.05 Å². The summed E-state index contributed by atoms with van der Waals surface area (Å²) < 4.78 is 0. The number of nitrogens with one attached hydrogen (secondary N) is 1. The number of amides is 2. The van der Waals surface area contributed by atoms with E-state index in [0.717, 1.165) is 12.8 Å². The first-order chi connectivity index (χ1) is 10.1. The molecule has 4 nitrogen and oxygen atoms in total. The van der Waals surface area contributed by atoms with Crippen molar-refractivity contribution in [3.05, 3.63) is 35.4 Å². The second-order valence-corrected chi connectivity index (χ2v) is 6.27. The van der Waals surface area contributed by atoms with Crippen molar-refractivity contribution in [3.63, 3.8) is 0 Å². The third kappa shape index (κ3) is 2.72. The number of piperidine rings is 1. The van der Waals surface area contributed by atoms with Crippen molar-refractivity contribution >= 4 is 11.8 Å². The Morgan fingerprint density at radius 1 is 1.19 bits per heavy atom. The number of carbonyl (C=O) groups excluding carboxylic acids is 2. The van der Waals surface area contributed by atoms with E-state index < -0.39 is 0 Å². The normalized spacial score (nSPS) is 29.4. The molecule has 1 aliphatic heterocycles. The van der Waals surface area contributed by atoms with E-state index in [4.69, 9.17) is 0 Å². The Kier molecular flexibility index (Phi) is 3.81. The van der Waals surface area contributed by atoms with Crippen LogP contribution in [0.4, 0.5) is 0 Å². The zero-order chi connectivity index (χ0) is 15.0. The highest BCUT2D eigenvalue weighted by atomic mass is 16.2. The van der Waals surface area contributed by atoms with Crippen molar-refractivity contribution in [1.82, 2.24) is 10.2 Å². The van der Waals surface area contributed by atoms with Crippen LogP contribution in [0.25, 0.3) is 0 Å². The molecule has 1 aliphatic carbocycles.